The van der Waals surface area contributed by atoms with E-state index in [1.54, 1.807) is 7.11 Å². The lowest BCUT2D eigenvalue weighted by atomic mass is 9.94. The summed E-state index contributed by atoms with van der Waals surface area (Å²) in [5.74, 6) is 0.416. The van der Waals surface area contributed by atoms with E-state index >= 15 is 0 Å². The van der Waals surface area contributed by atoms with E-state index in [1.807, 2.05) is 19.1 Å². The van der Waals surface area contributed by atoms with Crippen LogP contribution in [0.3, 0.4) is 0 Å². The number of ether oxygens (including phenoxy) is 2. The molecular weight excluding hydrogens is 274 g/mol. The molecule has 6 nitrogen and oxygen atoms in total. The van der Waals surface area contributed by atoms with Crippen molar-refractivity contribution in [2.75, 3.05) is 7.11 Å². The Kier molecular flexibility index (Phi) is 3.04. The number of hydrogen-bond donors (Lipinski definition) is 1. The summed E-state index contributed by atoms with van der Waals surface area (Å²) in [6.07, 6.45) is 1.15. The lowest BCUT2D eigenvalue weighted by Crippen LogP contribution is -2.35. The maximum atomic E-state index is 11.2. The van der Waals surface area contributed by atoms with Gasteiger partial charge in [-0.2, -0.15) is 0 Å². The van der Waals surface area contributed by atoms with Crippen molar-refractivity contribution in [3.05, 3.63) is 23.3 Å². The van der Waals surface area contributed by atoms with Crippen LogP contribution in [-0.2, 0) is 16.1 Å². The summed E-state index contributed by atoms with van der Waals surface area (Å²) in [6, 6.07) is 3.78. The van der Waals surface area contributed by atoms with Crippen molar-refractivity contribution in [3.63, 3.8) is 0 Å². The Bertz CT molecular complexity index is 639. The molecule has 1 aromatic carbocycles. The lowest BCUT2D eigenvalue weighted by molar-refractivity contribution is -0.160. The number of carboxylic acid groups (broad SMARTS) is 1. The molecule has 2 atom stereocenters. The van der Waals surface area contributed by atoms with Gasteiger partial charge in [-0.25, -0.2) is 4.79 Å². The fraction of sp³-hybridized carbons (Fsp3) is 0.467. The maximum absolute atomic E-state index is 11.2. The van der Waals surface area contributed by atoms with Crippen LogP contribution in [0.4, 0.5) is 0 Å². The minimum Gasteiger partial charge on any atom is -0.496 e. The molecule has 2 heterocycles. The number of rotatable bonds is 3. The molecule has 3 rings (SSSR count). The lowest BCUT2D eigenvalue weighted by Gasteiger charge is -2.15. The first-order valence-corrected chi connectivity index (χ1v) is 6.79. The third-order valence-electron chi connectivity index (χ3n) is 3.84. The number of aliphatic carboxylic acids is 1. The number of hydrogen-bond acceptors (Lipinski definition) is 5. The van der Waals surface area contributed by atoms with Crippen LogP contribution < -0.4 is 9.47 Å². The molecule has 1 N–H and O–H groups in total. The molecule has 0 aliphatic carbocycles. The van der Waals surface area contributed by atoms with Gasteiger partial charge in [-0.1, -0.05) is 5.16 Å². The Labute approximate surface area is 122 Å². The number of fused-ring (bicyclic) bond motifs is 1. The van der Waals surface area contributed by atoms with Crippen LogP contribution in [0.2, 0.25) is 0 Å². The fourth-order valence-electron chi connectivity index (χ4n) is 2.63. The highest BCUT2D eigenvalue weighted by Crippen LogP contribution is 2.38. The molecule has 6 heteroatoms. The summed E-state index contributed by atoms with van der Waals surface area (Å²) < 4.78 is 11.1. The van der Waals surface area contributed by atoms with Crippen LogP contribution in [0, 0.1) is 0 Å². The number of methoxy groups -OCH3 is 1. The van der Waals surface area contributed by atoms with E-state index in [9.17, 15) is 9.90 Å². The highest BCUT2D eigenvalue weighted by Gasteiger charge is 2.43. The number of oxime groups is 1. The Morgan fingerprint density at radius 3 is 2.90 bits per heavy atom. The van der Waals surface area contributed by atoms with Gasteiger partial charge in [0.2, 0.25) is 5.60 Å². The number of carboxylic acids is 1. The van der Waals surface area contributed by atoms with E-state index in [0.717, 1.165) is 23.3 Å². The summed E-state index contributed by atoms with van der Waals surface area (Å²) in [4.78, 5) is 16.3. The Morgan fingerprint density at radius 1 is 1.52 bits per heavy atom. The van der Waals surface area contributed by atoms with E-state index in [-0.39, 0.29) is 12.5 Å². The van der Waals surface area contributed by atoms with Gasteiger partial charge in [0, 0.05) is 24.0 Å². The molecule has 0 saturated carbocycles. The zero-order chi connectivity index (χ0) is 15.2. The van der Waals surface area contributed by atoms with Gasteiger partial charge in [0.1, 0.15) is 17.6 Å². The van der Waals surface area contributed by atoms with Crippen LogP contribution in [0.5, 0.6) is 11.5 Å². The van der Waals surface area contributed by atoms with Crippen LogP contribution in [0.25, 0.3) is 0 Å². The quantitative estimate of drug-likeness (QED) is 0.921. The van der Waals surface area contributed by atoms with Crippen molar-refractivity contribution in [3.8, 4) is 11.5 Å². The predicted molar refractivity (Wildman–Crippen MR) is 75.1 cm³/mol. The summed E-state index contributed by atoms with van der Waals surface area (Å²) in [6.45, 7) is 3.51. The molecule has 0 aromatic heterocycles. The summed E-state index contributed by atoms with van der Waals surface area (Å²) >= 11 is 0. The summed E-state index contributed by atoms with van der Waals surface area (Å²) in [5.41, 5.74) is 1.04. The van der Waals surface area contributed by atoms with E-state index in [1.165, 1.54) is 6.92 Å². The second kappa shape index (κ2) is 4.65. The third-order valence-corrected chi connectivity index (χ3v) is 3.84. The number of benzene rings is 1. The minimum absolute atomic E-state index is 0.131. The largest absolute Gasteiger partial charge is 0.496 e. The average Bonchev–Trinajstić information content (AvgIpc) is 2.99. The van der Waals surface area contributed by atoms with Gasteiger partial charge in [-0.15, -0.1) is 0 Å². The minimum atomic E-state index is -1.33. The molecule has 0 spiro atoms. The average molecular weight is 291 g/mol. The Balaban J connectivity index is 1.97. The van der Waals surface area contributed by atoms with Crippen LogP contribution in [-0.4, -0.2) is 35.6 Å². The molecule has 21 heavy (non-hydrogen) atoms. The molecule has 0 bridgehead atoms. The molecule has 2 aliphatic heterocycles. The Hall–Kier alpha value is -2.24. The van der Waals surface area contributed by atoms with Gasteiger partial charge in [0.05, 0.1) is 12.8 Å². The van der Waals surface area contributed by atoms with Crippen LogP contribution >= 0.6 is 0 Å². The van der Waals surface area contributed by atoms with Crippen molar-refractivity contribution in [1.29, 1.82) is 0 Å². The molecule has 112 valence electrons. The SMILES string of the molecule is COc1cc2c(cc1C1=NOC(C)(C(=O)O)C1)OC(C)C2. The van der Waals surface area contributed by atoms with Crippen molar-refractivity contribution in [2.45, 2.75) is 38.4 Å². The van der Waals surface area contributed by atoms with E-state index < -0.39 is 11.6 Å². The van der Waals surface area contributed by atoms with Gasteiger partial charge in [0.15, 0.2) is 0 Å². The second-order valence-electron chi connectivity index (χ2n) is 5.63. The monoisotopic (exact) mass is 291 g/mol. The zero-order valence-corrected chi connectivity index (χ0v) is 12.2. The molecule has 0 saturated heterocycles. The maximum Gasteiger partial charge on any atom is 0.351 e. The first-order chi connectivity index (χ1) is 9.93. The van der Waals surface area contributed by atoms with Crippen molar-refractivity contribution >= 4 is 11.7 Å². The van der Waals surface area contributed by atoms with E-state index in [0.29, 0.717) is 11.5 Å². The number of nitrogens with zero attached hydrogens (tertiary/aromatic N) is 1. The van der Waals surface area contributed by atoms with Gasteiger partial charge in [-0.05, 0) is 26.0 Å². The van der Waals surface area contributed by atoms with Gasteiger partial charge in [-0.3, -0.25) is 0 Å². The Morgan fingerprint density at radius 2 is 2.29 bits per heavy atom. The number of carbonyl (C=O) groups is 1. The first-order valence-electron chi connectivity index (χ1n) is 6.79. The summed E-state index contributed by atoms with van der Waals surface area (Å²) in [5, 5.41) is 13.1. The van der Waals surface area contributed by atoms with Crippen LogP contribution in [0.15, 0.2) is 17.3 Å². The van der Waals surface area contributed by atoms with Gasteiger partial charge < -0.3 is 19.4 Å². The molecule has 0 fully saturated rings. The molecule has 1 aromatic rings. The molecule has 0 amide bonds. The van der Waals surface area contributed by atoms with Gasteiger partial charge >= 0.3 is 5.97 Å². The van der Waals surface area contributed by atoms with E-state index in [4.69, 9.17) is 14.3 Å². The zero-order valence-electron chi connectivity index (χ0n) is 12.2. The van der Waals surface area contributed by atoms with Crippen molar-refractivity contribution < 1.29 is 24.2 Å². The molecule has 2 aliphatic rings. The highest BCUT2D eigenvalue weighted by atomic mass is 16.7. The molecule has 0 radical (unpaired) electrons. The predicted octanol–water partition coefficient (Wildman–Crippen LogP) is 1.99. The van der Waals surface area contributed by atoms with Gasteiger partial charge in [0.25, 0.3) is 0 Å². The molecular formula is C15H17NO5. The topological polar surface area (TPSA) is 77.4 Å². The second-order valence-corrected chi connectivity index (χ2v) is 5.63. The standard InChI is InChI=1S/C15H17NO5/c1-8-4-9-5-13(19-3)10(6-12(9)20-8)11-7-15(2,14(17)18)21-16-11/h5-6,8H,4,7H2,1-3H3,(H,17,18). The van der Waals surface area contributed by atoms with Crippen molar-refractivity contribution in [1.82, 2.24) is 0 Å². The fourth-order valence-corrected chi connectivity index (χ4v) is 2.63. The van der Waals surface area contributed by atoms with Crippen molar-refractivity contribution in [2.24, 2.45) is 5.16 Å². The smallest absolute Gasteiger partial charge is 0.351 e. The third kappa shape index (κ3) is 2.20. The molecule has 2 unspecified atom stereocenters. The van der Waals surface area contributed by atoms with Crippen LogP contribution in [0.1, 0.15) is 31.4 Å². The van der Waals surface area contributed by atoms with E-state index in [2.05, 4.69) is 5.16 Å². The first kappa shape index (κ1) is 13.7. The normalized spacial score (nSPS) is 26.6. The highest BCUT2D eigenvalue weighted by molar-refractivity contribution is 6.06. The summed E-state index contributed by atoms with van der Waals surface area (Å²) in [7, 11) is 1.58.